The highest BCUT2D eigenvalue weighted by atomic mass is 35.5. The van der Waals surface area contributed by atoms with Crippen molar-refractivity contribution >= 4 is 29.0 Å². The van der Waals surface area contributed by atoms with Gasteiger partial charge in [0.25, 0.3) is 5.91 Å². The highest BCUT2D eigenvalue weighted by Gasteiger charge is 2.51. The molecule has 3 aromatic rings. The van der Waals surface area contributed by atoms with Crippen molar-refractivity contribution in [1.29, 1.82) is 0 Å². The Bertz CT molecular complexity index is 1270. The fourth-order valence-corrected chi connectivity index (χ4v) is 5.22. The van der Waals surface area contributed by atoms with Gasteiger partial charge in [0, 0.05) is 16.1 Å². The van der Waals surface area contributed by atoms with Crippen LogP contribution in [-0.2, 0) is 29.8 Å². The Morgan fingerprint density at radius 1 is 1.03 bits per heavy atom. The molecular formula is C28H26ClNO3. The van der Waals surface area contributed by atoms with E-state index in [-0.39, 0.29) is 12.2 Å². The number of rotatable bonds is 5. The Balaban J connectivity index is 1.49. The third-order valence-electron chi connectivity index (χ3n) is 6.97. The predicted octanol–water partition coefficient (Wildman–Crippen LogP) is 5.53. The van der Waals surface area contributed by atoms with Gasteiger partial charge in [0.1, 0.15) is 0 Å². The summed E-state index contributed by atoms with van der Waals surface area (Å²) in [6, 6.07) is 18.7. The first kappa shape index (κ1) is 21.9. The SMILES string of the molecule is Cc1ccccc1CN1C(=O)[C@@](O)(CC(=O)c2ccc3c(c2)CCCC3)c2cc(Cl)ccc21. The number of halogens is 1. The summed E-state index contributed by atoms with van der Waals surface area (Å²) in [4.78, 5) is 28.4. The normalized spacial score (nSPS) is 19.4. The van der Waals surface area contributed by atoms with E-state index in [0.717, 1.165) is 30.4 Å². The average Bonchev–Trinajstić information content (AvgIpc) is 3.01. The van der Waals surface area contributed by atoms with Crippen molar-refractivity contribution in [3.63, 3.8) is 0 Å². The van der Waals surface area contributed by atoms with E-state index in [2.05, 4.69) is 0 Å². The largest absolute Gasteiger partial charge is 0.375 e. The van der Waals surface area contributed by atoms with Gasteiger partial charge in [-0.3, -0.25) is 9.59 Å². The predicted molar refractivity (Wildman–Crippen MR) is 130 cm³/mol. The number of Topliss-reactive ketones (excluding diaryl/α,β-unsaturated/α-hetero) is 1. The van der Waals surface area contributed by atoms with Gasteiger partial charge in [-0.15, -0.1) is 0 Å². The van der Waals surface area contributed by atoms with Crippen molar-refractivity contribution in [1.82, 2.24) is 0 Å². The van der Waals surface area contributed by atoms with Crippen molar-refractivity contribution in [2.24, 2.45) is 0 Å². The third kappa shape index (κ3) is 3.88. The molecule has 168 valence electrons. The smallest absolute Gasteiger partial charge is 0.264 e. The lowest BCUT2D eigenvalue weighted by Crippen LogP contribution is -2.41. The van der Waals surface area contributed by atoms with E-state index in [4.69, 9.17) is 11.6 Å². The minimum absolute atomic E-state index is 0.247. The van der Waals surface area contributed by atoms with Crippen LogP contribution >= 0.6 is 11.6 Å². The fourth-order valence-electron chi connectivity index (χ4n) is 5.05. The average molecular weight is 460 g/mol. The second-order valence-corrected chi connectivity index (χ2v) is 9.57. The van der Waals surface area contributed by atoms with Crippen LogP contribution < -0.4 is 4.90 Å². The van der Waals surface area contributed by atoms with Gasteiger partial charge in [0.2, 0.25) is 0 Å². The summed E-state index contributed by atoms with van der Waals surface area (Å²) in [6.07, 6.45) is 3.96. The zero-order valence-electron chi connectivity index (χ0n) is 18.6. The number of fused-ring (bicyclic) bond motifs is 2. The number of carbonyl (C=O) groups excluding carboxylic acids is 2. The van der Waals surface area contributed by atoms with Crippen molar-refractivity contribution in [3.8, 4) is 0 Å². The highest BCUT2D eigenvalue weighted by molar-refractivity contribution is 6.31. The monoisotopic (exact) mass is 459 g/mol. The lowest BCUT2D eigenvalue weighted by molar-refractivity contribution is -0.136. The zero-order valence-corrected chi connectivity index (χ0v) is 19.4. The number of carbonyl (C=O) groups is 2. The summed E-state index contributed by atoms with van der Waals surface area (Å²) in [5.74, 6) is -0.739. The highest BCUT2D eigenvalue weighted by Crippen LogP contribution is 2.45. The number of aliphatic hydroxyl groups is 1. The number of hydrogen-bond donors (Lipinski definition) is 1. The molecule has 2 aliphatic rings. The molecule has 1 aliphatic carbocycles. The lowest BCUT2D eigenvalue weighted by Gasteiger charge is -2.24. The molecule has 0 spiro atoms. The number of anilines is 1. The molecule has 1 N–H and O–H groups in total. The number of aryl methyl sites for hydroxylation is 3. The molecule has 0 aromatic heterocycles. The van der Waals surface area contributed by atoms with E-state index in [1.807, 2.05) is 49.4 Å². The maximum absolute atomic E-state index is 13.6. The standard InChI is InChI=1S/C28H26ClNO3/c1-18-6-2-3-9-22(18)17-30-25-13-12-23(29)15-24(25)28(33,27(30)32)16-26(31)21-11-10-19-7-4-5-8-20(19)14-21/h2-3,6,9-15,33H,4-5,7-8,16-17H2,1H3/t28-/m1/s1. The molecule has 1 heterocycles. The van der Waals surface area contributed by atoms with E-state index < -0.39 is 11.5 Å². The molecule has 4 nitrogen and oxygen atoms in total. The Morgan fingerprint density at radius 2 is 1.79 bits per heavy atom. The molecule has 1 atom stereocenters. The topological polar surface area (TPSA) is 57.6 Å². The van der Waals surface area contributed by atoms with Crippen LogP contribution in [0.3, 0.4) is 0 Å². The quantitative estimate of drug-likeness (QED) is 0.510. The summed E-state index contributed by atoms with van der Waals surface area (Å²) in [7, 11) is 0. The molecule has 33 heavy (non-hydrogen) atoms. The maximum Gasteiger partial charge on any atom is 0.264 e. The van der Waals surface area contributed by atoms with Crippen molar-refractivity contribution < 1.29 is 14.7 Å². The van der Waals surface area contributed by atoms with Gasteiger partial charge in [-0.25, -0.2) is 0 Å². The number of nitrogens with zero attached hydrogens (tertiary/aromatic N) is 1. The van der Waals surface area contributed by atoms with Crippen LogP contribution in [0.1, 0.15) is 57.4 Å². The van der Waals surface area contributed by atoms with Gasteiger partial charge in [-0.2, -0.15) is 0 Å². The van der Waals surface area contributed by atoms with E-state index in [1.165, 1.54) is 17.5 Å². The van der Waals surface area contributed by atoms with Gasteiger partial charge in [-0.1, -0.05) is 48.0 Å². The maximum atomic E-state index is 13.6. The van der Waals surface area contributed by atoms with Gasteiger partial charge in [-0.05, 0) is 79.1 Å². The molecule has 0 unspecified atom stereocenters. The molecule has 1 aliphatic heterocycles. The molecule has 0 fully saturated rings. The summed E-state index contributed by atoms with van der Waals surface area (Å²) in [5.41, 5.74) is 4.09. The Hall–Kier alpha value is -2.95. The molecule has 0 bridgehead atoms. The van der Waals surface area contributed by atoms with E-state index >= 15 is 0 Å². The Labute approximate surface area is 198 Å². The Morgan fingerprint density at radius 3 is 2.58 bits per heavy atom. The van der Waals surface area contributed by atoms with Gasteiger partial charge in [0.15, 0.2) is 11.4 Å². The first-order valence-corrected chi connectivity index (χ1v) is 11.8. The molecule has 1 amide bonds. The van der Waals surface area contributed by atoms with E-state index in [1.54, 1.807) is 23.1 Å². The molecule has 0 radical (unpaired) electrons. The number of amides is 1. The van der Waals surface area contributed by atoms with E-state index in [0.29, 0.717) is 28.4 Å². The second kappa shape index (κ2) is 8.44. The minimum atomic E-state index is -1.95. The van der Waals surface area contributed by atoms with Crippen LogP contribution in [0.4, 0.5) is 5.69 Å². The molecule has 5 heteroatoms. The van der Waals surface area contributed by atoms with Crippen LogP contribution in [-0.4, -0.2) is 16.8 Å². The number of benzene rings is 3. The van der Waals surface area contributed by atoms with Gasteiger partial charge in [0.05, 0.1) is 18.7 Å². The van der Waals surface area contributed by atoms with Crippen molar-refractivity contribution in [2.45, 2.75) is 51.2 Å². The minimum Gasteiger partial charge on any atom is -0.375 e. The van der Waals surface area contributed by atoms with Crippen LogP contribution in [0.2, 0.25) is 5.02 Å². The van der Waals surface area contributed by atoms with Crippen LogP contribution in [0.15, 0.2) is 60.7 Å². The van der Waals surface area contributed by atoms with Gasteiger partial charge >= 0.3 is 0 Å². The first-order chi connectivity index (χ1) is 15.9. The zero-order chi connectivity index (χ0) is 23.2. The molecule has 5 rings (SSSR count). The van der Waals surface area contributed by atoms with Crippen molar-refractivity contribution in [3.05, 3.63) is 99.1 Å². The number of hydrogen-bond acceptors (Lipinski definition) is 3. The first-order valence-electron chi connectivity index (χ1n) is 11.4. The van der Waals surface area contributed by atoms with Gasteiger partial charge < -0.3 is 10.0 Å². The fraction of sp³-hybridized carbons (Fsp3) is 0.286. The van der Waals surface area contributed by atoms with Crippen LogP contribution in [0.25, 0.3) is 0 Å². The summed E-state index contributed by atoms with van der Waals surface area (Å²) in [5, 5.41) is 12.1. The van der Waals surface area contributed by atoms with Crippen LogP contribution in [0, 0.1) is 6.92 Å². The van der Waals surface area contributed by atoms with E-state index in [9.17, 15) is 14.7 Å². The second-order valence-electron chi connectivity index (χ2n) is 9.13. The molecule has 0 saturated heterocycles. The summed E-state index contributed by atoms with van der Waals surface area (Å²) >= 11 is 6.24. The van der Waals surface area contributed by atoms with Crippen LogP contribution in [0.5, 0.6) is 0 Å². The Kier molecular flexibility index (Phi) is 5.59. The lowest BCUT2D eigenvalue weighted by atomic mass is 9.85. The van der Waals surface area contributed by atoms with Crippen molar-refractivity contribution in [2.75, 3.05) is 4.90 Å². The summed E-state index contributed by atoms with van der Waals surface area (Å²) < 4.78 is 0. The molecule has 3 aromatic carbocycles. The molecular weight excluding hydrogens is 434 g/mol. The summed E-state index contributed by atoms with van der Waals surface area (Å²) in [6.45, 7) is 2.31. The molecule has 0 saturated carbocycles. The third-order valence-corrected chi connectivity index (χ3v) is 7.21. The number of ketones is 1.